The first-order valence-electron chi connectivity index (χ1n) is 10.0. The van der Waals surface area contributed by atoms with Gasteiger partial charge in [0.25, 0.3) is 0 Å². The van der Waals surface area contributed by atoms with Crippen LogP contribution in [0.3, 0.4) is 0 Å². The van der Waals surface area contributed by atoms with E-state index >= 15 is 0 Å². The summed E-state index contributed by atoms with van der Waals surface area (Å²) in [6.45, 7) is 6.48. The van der Waals surface area contributed by atoms with Gasteiger partial charge >= 0.3 is 0 Å². The average Bonchev–Trinajstić information content (AvgIpc) is 3.35. The highest BCUT2D eigenvalue weighted by molar-refractivity contribution is 6.33. The van der Waals surface area contributed by atoms with Crippen LogP contribution in [0.15, 0.2) is 12.3 Å². The number of hydrogen-bond donors (Lipinski definition) is 1. The van der Waals surface area contributed by atoms with Crippen molar-refractivity contribution in [2.75, 3.05) is 23.8 Å². The lowest BCUT2D eigenvalue weighted by Gasteiger charge is -2.30. The summed E-state index contributed by atoms with van der Waals surface area (Å²) >= 11 is 6.22. The predicted molar refractivity (Wildman–Crippen MR) is 111 cm³/mol. The molecule has 0 spiro atoms. The maximum Gasteiger partial charge on any atom is 0.166 e. The first kappa shape index (κ1) is 17.4. The van der Waals surface area contributed by atoms with Crippen LogP contribution in [0, 0.1) is 5.92 Å². The third kappa shape index (κ3) is 2.48. The minimum atomic E-state index is -0.463. The van der Waals surface area contributed by atoms with Crippen LogP contribution in [0.1, 0.15) is 32.5 Å². The molecule has 3 aliphatic heterocycles. The van der Waals surface area contributed by atoms with Crippen LogP contribution in [0.25, 0.3) is 22.6 Å². The number of halogens is 1. The molecule has 2 saturated heterocycles. The van der Waals surface area contributed by atoms with E-state index in [1.807, 2.05) is 13.8 Å². The molecule has 0 radical (unpaired) electrons. The molecule has 3 fully saturated rings. The van der Waals surface area contributed by atoms with Crippen molar-refractivity contribution in [3.05, 3.63) is 23.1 Å². The molecule has 0 aromatic carbocycles. The van der Waals surface area contributed by atoms with Crippen molar-refractivity contribution in [3.63, 3.8) is 0 Å². The monoisotopic (exact) mass is 411 g/mol. The molecule has 6 heterocycles. The summed E-state index contributed by atoms with van der Waals surface area (Å²) in [7, 11) is 0. The molecule has 1 aliphatic carbocycles. The van der Waals surface area contributed by atoms with E-state index in [4.69, 9.17) is 37.0 Å². The van der Waals surface area contributed by atoms with Crippen LogP contribution in [0.2, 0.25) is 5.02 Å². The highest BCUT2D eigenvalue weighted by Gasteiger charge is 2.45. The van der Waals surface area contributed by atoms with Gasteiger partial charge in [0.1, 0.15) is 17.2 Å². The van der Waals surface area contributed by atoms with Crippen LogP contribution >= 0.6 is 11.6 Å². The molecule has 2 bridgehead atoms. The van der Waals surface area contributed by atoms with Gasteiger partial charge in [0.2, 0.25) is 0 Å². The van der Waals surface area contributed by atoms with Crippen LogP contribution in [0.5, 0.6) is 0 Å². The zero-order valence-corrected chi connectivity index (χ0v) is 17.1. The standard InChI is InChI=1S/C20H22ClN7O/c1-20(2)19-24-14-17(27(19)3-4-29-20)25-16(11-7-13(21)15(22)23-8-11)26-18(14)28-9-10-5-12(28)6-10/h7-8,10,12H,3-6,9H2,1-2H3,(H2,22,23). The third-order valence-corrected chi connectivity index (χ3v) is 6.70. The molecule has 2 N–H and O–H groups in total. The highest BCUT2D eigenvalue weighted by Crippen LogP contribution is 2.45. The SMILES string of the molecule is CC1(C)OCCn2c1nc1c(N3CC4CC3C4)nc(-c3cnc(N)c(Cl)c3)nc12. The quantitative estimate of drug-likeness (QED) is 0.692. The summed E-state index contributed by atoms with van der Waals surface area (Å²) in [6.07, 6.45) is 4.15. The molecule has 1 saturated carbocycles. The molecule has 3 aromatic rings. The number of aromatic nitrogens is 5. The molecule has 8 nitrogen and oxygen atoms in total. The number of rotatable bonds is 2. The van der Waals surface area contributed by atoms with E-state index in [1.165, 1.54) is 12.8 Å². The number of pyridine rings is 1. The molecule has 3 aromatic heterocycles. The molecule has 0 atom stereocenters. The van der Waals surface area contributed by atoms with Crippen molar-refractivity contribution >= 4 is 34.4 Å². The van der Waals surface area contributed by atoms with E-state index in [9.17, 15) is 0 Å². The average molecular weight is 412 g/mol. The summed E-state index contributed by atoms with van der Waals surface area (Å²) in [5, 5.41) is 0.404. The van der Waals surface area contributed by atoms with Crippen LogP contribution in [-0.4, -0.2) is 43.7 Å². The first-order chi connectivity index (χ1) is 13.9. The van der Waals surface area contributed by atoms with Crippen LogP contribution in [0.4, 0.5) is 11.6 Å². The van der Waals surface area contributed by atoms with Crippen LogP contribution < -0.4 is 10.6 Å². The first-order valence-corrected chi connectivity index (χ1v) is 10.4. The van der Waals surface area contributed by atoms with Crippen LogP contribution in [-0.2, 0) is 16.9 Å². The zero-order chi connectivity index (χ0) is 19.9. The minimum absolute atomic E-state index is 0.303. The Kier molecular flexibility index (Phi) is 3.48. The van der Waals surface area contributed by atoms with Crippen molar-refractivity contribution < 1.29 is 4.74 Å². The van der Waals surface area contributed by atoms with Gasteiger partial charge in [0.05, 0.1) is 11.6 Å². The Bertz CT molecular complexity index is 1150. The Morgan fingerprint density at radius 3 is 2.79 bits per heavy atom. The number of ether oxygens (including phenoxy) is 1. The van der Waals surface area contributed by atoms with E-state index < -0.39 is 5.60 Å². The van der Waals surface area contributed by atoms with Gasteiger partial charge in [-0.3, -0.25) is 0 Å². The lowest BCUT2D eigenvalue weighted by atomic mass is 9.86. The predicted octanol–water partition coefficient (Wildman–Crippen LogP) is 2.99. The Hall–Kier alpha value is -2.45. The number of imidazole rings is 1. The minimum Gasteiger partial charge on any atom is -0.382 e. The van der Waals surface area contributed by atoms with E-state index in [0.29, 0.717) is 29.3 Å². The normalized spacial score (nSPS) is 24.6. The van der Waals surface area contributed by atoms with Gasteiger partial charge in [-0.05, 0) is 38.7 Å². The lowest BCUT2D eigenvalue weighted by Crippen LogP contribution is -2.33. The number of nitrogen functional groups attached to an aromatic ring is 1. The van der Waals surface area contributed by atoms with Crippen molar-refractivity contribution in [1.82, 2.24) is 24.5 Å². The molecule has 29 heavy (non-hydrogen) atoms. The Morgan fingerprint density at radius 2 is 2.07 bits per heavy atom. The largest absolute Gasteiger partial charge is 0.382 e. The molecule has 7 rings (SSSR count). The topological polar surface area (TPSA) is 95.0 Å². The number of nitrogens with zero attached hydrogens (tertiary/aromatic N) is 6. The third-order valence-electron chi connectivity index (χ3n) is 6.40. The number of hydrogen-bond acceptors (Lipinski definition) is 7. The fraction of sp³-hybridized carbons (Fsp3) is 0.500. The van der Waals surface area contributed by atoms with E-state index in [-0.39, 0.29) is 0 Å². The Morgan fingerprint density at radius 1 is 1.24 bits per heavy atom. The van der Waals surface area contributed by atoms with Crippen molar-refractivity contribution in [2.45, 2.75) is 44.9 Å². The number of fused-ring (bicyclic) bond motifs is 4. The molecule has 0 unspecified atom stereocenters. The molecule has 4 aliphatic rings. The summed E-state index contributed by atoms with van der Waals surface area (Å²) in [5.74, 6) is 3.46. The van der Waals surface area contributed by atoms with Gasteiger partial charge in [-0.15, -0.1) is 0 Å². The molecule has 0 amide bonds. The van der Waals surface area contributed by atoms with Crippen molar-refractivity contribution in [2.24, 2.45) is 5.92 Å². The van der Waals surface area contributed by atoms with Gasteiger partial charge < -0.3 is 19.9 Å². The van der Waals surface area contributed by atoms with Gasteiger partial charge in [0, 0.05) is 30.9 Å². The van der Waals surface area contributed by atoms with Gasteiger partial charge in [0.15, 0.2) is 22.8 Å². The van der Waals surface area contributed by atoms with E-state index in [1.54, 1.807) is 12.3 Å². The van der Waals surface area contributed by atoms with Crippen molar-refractivity contribution in [1.29, 1.82) is 0 Å². The second kappa shape index (κ2) is 5.79. The molecular weight excluding hydrogens is 390 g/mol. The van der Waals surface area contributed by atoms with Crippen molar-refractivity contribution in [3.8, 4) is 11.4 Å². The summed E-state index contributed by atoms with van der Waals surface area (Å²) in [5.41, 5.74) is 7.78. The molecular formula is C20H22ClN7O. The zero-order valence-electron chi connectivity index (χ0n) is 16.4. The lowest BCUT2D eigenvalue weighted by molar-refractivity contribution is -0.0530. The maximum atomic E-state index is 6.22. The summed E-state index contributed by atoms with van der Waals surface area (Å²) in [6, 6.07) is 2.32. The van der Waals surface area contributed by atoms with E-state index in [0.717, 1.165) is 47.4 Å². The molecule has 9 heteroatoms. The van der Waals surface area contributed by atoms with Gasteiger partial charge in [-0.2, -0.15) is 0 Å². The maximum absolute atomic E-state index is 6.22. The fourth-order valence-electron chi connectivity index (χ4n) is 4.81. The fourth-order valence-corrected chi connectivity index (χ4v) is 4.97. The van der Waals surface area contributed by atoms with Gasteiger partial charge in [-0.1, -0.05) is 11.6 Å². The Labute approximate surface area is 173 Å². The van der Waals surface area contributed by atoms with E-state index in [2.05, 4.69) is 14.5 Å². The number of nitrogens with two attached hydrogens (primary N) is 1. The smallest absolute Gasteiger partial charge is 0.166 e. The molecule has 150 valence electrons. The number of anilines is 2. The Balaban J connectivity index is 1.61. The second-order valence-electron chi connectivity index (χ2n) is 8.72. The van der Waals surface area contributed by atoms with Gasteiger partial charge in [-0.25, -0.2) is 19.9 Å². The second-order valence-corrected chi connectivity index (χ2v) is 9.13. The summed E-state index contributed by atoms with van der Waals surface area (Å²) in [4.78, 5) is 21.4. The summed E-state index contributed by atoms with van der Waals surface area (Å²) < 4.78 is 8.14. The highest BCUT2D eigenvalue weighted by atomic mass is 35.5.